The summed E-state index contributed by atoms with van der Waals surface area (Å²) in [6.07, 6.45) is 0.677. The molecule has 4 nitrogen and oxygen atoms in total. The maximum absolute atomic E-state index is 11.3. The minimum Gasteiger partial charge on any atom is -0.292 e. The van der Waals surface area contributed by atoms with Gasteiger partial charge in [0.2, 0.25) is 5.78 Å². The molecular weight excluding hydrogens is 158 g/mol. The molecule has 0 radical (unpaired) electrons. The normalized spacial score (nSPS) is 33.8. The van der Waals surface area contributed by atoms with Crippen molar-refractivity contribution < 1.29 is 9.72 Å². The number of Topliss-reactive ketones (excluding diaryl/α,β-unsaturated/α-hetero) is 1. The highest BCUT2D eigenvalue weighted by Gasteiger charge is 2.56. The average Bonchev–Trinajstić information content (AvgIpc) is 2.03. The number of carbonyl (C=O) groups excluding carboxylic acids is 1. The number of hydrogen-bond donors (Lipinski definition) is 0. The Morgan fingerprint density at radius 1 is 1.42 bits per heavy atom. The van der Waals surface area contributed by atoms with Gasteiger partial charge in [-0.25, -0.2) is 0 Å². The van der Waals surface area contributed by atoms with E-state index in [0.717, 1.165) is 0 Å². The molecule has 0 amide bonds. The molecule has 0 aromatic carbocycles. The van der Waals surface area contributed by atoms with Crippen LogP contribution in [0.4, 0.5) is 0 Å². The van der Waals surface area contributed by atoms with Crippen LogP contribution in [-0.2, 0) is 4.79 Å². The maximum atomic E-state index is 11.3. The first-order chi connectivity index (χ1) is 5.28. The minimum atomic E-state index is -1.33. The summed E-state index contributed by atoms with van der Waals surface area (Å²) in [5.74, 6) is -0.238. The highest BCUT2D eigenvalue weighted by atomic mass is 16.6. The zero-order chi connectivity index (χ0) is 9.57. The Kier molecular flexibility index (Phi) is 1.74. The number of nitro groups is 1. The van der Waals surface area contributed by atoms with Crippen molar-refractivity contribution in [2.45, 2.75) is 39.2 Å². The van der Waals surface area contributed by atoms with Crippen LogP contribution in [0.5, 0.6) is 0 Å². The number of hydrogen-bond acceptors (Lipinski definition) is 3. The van der Waals surface area contributed by atoms with E-state index >= 15 is 0 Å². The summed E-state index contributed by atoms with van der Waals surface area (Å²) in [5, 5.41) is 10.6. The van der Waals surface area contributed by atoms with E-state index in [1.54, 1.807) is 0 Å². The zero-order valence-electron chi connectivity index (χ0n) is 7.59. The fourth-order valence-electron chi connectivity index (χ4n) is 1.88. The molecule has 0 N–H and O–H groups in total. The van der Waals surface area contributed by atoms with Crippen molar-refractivity contribution in [3.05, 3.63) is 10.1 Å². The molecule has 0 aromatic heterocycles. The van der Waals surface area contributed by atoms with Gasteiger partial charge in [0.25, 0.3) is 5.54 Å². The highest BCUT2D eigenvalue weighted by Crippen LogP contribution is 2.42. The van der Waals surface area contributed by atoms with E-state index in [4.69, 9.17) is 0 Å². The Balaban J connectivity index is 2.97. The summed E-state index contributed by atoms with van der Waals surface area (Å²) in [7, 11) is 0. The second kappa shape index (κ2) is 2.28. The summed E-state index contributed by atoms with van der Waals surface area (Å²) < 4.78 is 0. The SMILES string of the molecule is CC1(C)CC(=O)C(C)([N+](=O)[O-])C1. The van der Waals surface area contributed by atoms with Crippen molar-refractivity contribution >= 4 is 5.78 Å². The van der Waals surface area contributed by atoms with Crippen molar-refractivity contribution in [2.24, 2.45) is 5.41 Å². The highest BCUT2D eigenvalue weighted by molar-refractivity contribution is 5.89. The van der Waals surface area contributed by atoms with Crippen molar-refractivity contribution in [1.29, 1.82) is 0 Å². The first-order valence-electron chi connectivity index (χ1n) is 3.96. The van der Waals surface area contributed by atoms with Gasteiger partial charge >= 0.3 is 0 Å². The van der Waals surface area contributed by atoms with Gasteiger partial charge in [-0.15, -0.1) is 0 Å². The van der Waals surface area contributed by atoms with Crippen LogP contribution < -0.4 is 0 Å². The number of ketones is 1. The molecule has 12 heavy (non-hydrogen) atoms. The Hall–Kier alpha value is -0.930. The van der Waals surface area contributed by atoms with Gasteiger partial charge in [-0.05, 0) is 5.41 Å². The molecule has 0 aromatic rings. The van der Waals surface area contributed by atoms with E-state index in [2.05, 4.69) is 0 Å². The van der Waals surface area contributed by atoms with Gasteiger partial charge in [0.15, 0.2) is 0 Å². The van der Waals surface area contributed by atoms with Crippen LogP contribution in [0.15, 0.2) is 0 Å². The number of rotatable bonds is 1. The Bertz CT molecular complexity index is 247. The molecule has 1 atom stereocenters. The van der Waals surface area contributed by atoms with Crippen LogP contribution in [0.3, 0.4) is 0 Å². The van der Waals surface area contributed by atoms with Gasteiger partial charge in [-0.2, -0.15) is 0 Å². The lowest BCUT2D eigenvalue weighted by molar-refractivity contribution is -0.547. The monoisotopic (exact) mass is 171 g/mol. The van der Waals surface area contributed by atoms with Crippen molar-refractivity contribution in [3.8, 4) is 0 Å². The van der Waals surface area contributed by atoms with Gasteiger partial charge in [0, 0.05) is 24.7 Å². The number of carbonyl (C=O) groups is 1. The summed E-state index contributed by atoms with van der Waals surface area (Å²) >= 11 is 0. The molecule has 1 unspecified atom stereocenters. The number of nitrogens with zero attached hydrogens (tertiary/aromatic N) is 1. The molecule has 1 fully saturated rings. The van der Waals surface area contributed by atoms with E-state index < -0.39 is 10.5 Å². The molecule has 0 bridgehead atoms. The van der Waals surface area contributed by atoms with Gasteiger partial charge in [-0.3, -0.25) is 14.9 Å². The van der Waals surface area contributed by atoms with Crippen LogP contribution in [0.25, 0.3) is 0 Å². The van der Waals surface area contributed by atoms with Crippen LogP contribution in [-0.4, -0.2) is 16.2 Å². The first-order valence-corrected chi connectivity index (χ1v) is 3.96. The molecule has 1 aliphatic rings. The molecule has 0 saturated heterocycles. The summed E-state index contributed by atoms with van der Waals surface area (Å²) in [4.78, 5) is 21.5. The third kappa shape index (κ3) is 1.21. The molecule has 0 spiro atoms. The van der Waals surface area contributed by atoms with Crippen LogP contribution in [0.1, 0.15) is 33.6 Å². The standard InChI is InChI=1S/C8H13NO3/c1-7(2)4-6(10)8(3,5-7)9(11)12/h4-5H2,1-3H3. The summed E-state index contributed by atoms with van der Waals surface area (Å²) in [5.41, 5.74) is -1.54. The van der Waals surface area contributed by atoms with Crippen LogP contribution in [0.2, 0.25) is 0 Å². The summed E-state index contributed by atoms with van der Waals surface area (Å²) in [6, 6.07) is 0. The van der Waals surface area contributed by atoms with Gasteiger partial charge < -0.3 is 0 Å². The lowest BCUT2D eigenvalue weighted by Crippen LogP contribution is -2.39. The second-order valence-corrected chi connectivity index (χ2v) is 4.47. The molecule has 68 valence electrons. The van der Waals surface area contributed by atoms with Crippen LogP contribution in [0, 0.1) is 15.5 Å². The second-order valence-electron chi connectivity index (χ2n) is 4.47. The van der Waals surface area contributed by atoms with Crippen molar-refractivity contribution in [2.75, 3.05) is 0 Å². The Morgan fingerprint density at radius 2 is 1.92 bits per heavy atom. The molecule has 4 heteroatoms. The minimum absolute atomic E-state index is 0.209. The zero-order valence-corrected chi connectivity index (χ0v) is 7.59. The van der Waals surface area contributed by atoms with E-state index in [9.17, 15) is 14.9 Å². The van der Waals surface area contributed by atoms with Gasteiger partial charge in [0.1, 0.15) is 0 Å². The summed E-state index contributed by atoms with van der Waals surface area (Å²) in [6.45, 7) is 5.20. The fraction of sp³-hybridized carbons (Fsp3) is 0.875. The van der Waals surface area contributed by atoms with Gasteiger partial charge in [0.05, 0.1) is 0 Å². The predicted octanol–water partition coefficient (Wildman–Crippen LogP) is 1.41. The van der Waals surface area contributed by atoms with Gasteiger partial charge in [-0.1, -0.05) is 13.8 Å². The first kappa shape index (κ1) is 9.16. The van der Waals surface area contributed by atoms with E-state index in [-0.39, 0.29) is 11.2 Å². The van der Waals surface area contributed by atoms with Crippen molar-refractivity contribution in [1.82, 2.24) is 0 Å². The molecule has 1 saturated carbocycles. The topological polar surface area (TPSA) is 60.2 Å². The Morgan fingerprint density at radius 3 is 2.08 bits per heavy atom. The largest absolute Gasteiger partial charge is 0.292 e. The fourth-order valence-corrected chi connectivity index (χ4v) is 1.88. The molecule has 0 aliphatic heterocycles. The third-order valence-corrected chi connectivity index (χ3v) is 2.47. The third-order valence-electron chi connectivity index (χ3n) is 2.47. The maximum Gasteiger partial charge on any atom is 0.276 e. The molecule has 1 aliphatic carbocycles. The lowest BCUT2D eigenvalue weighted by Gasteiger charge is -2.16. The molecular formula is C8H13NO3. The quantitative estimate of drug-likeness (QED) is 0.442. The lowest BCUT2D eigenvalue weighted by atomic mass is 9.89. The predicted molar refractivity (Wildman–Crippen MR) is 43.4 cm³/mol. The Labute approximate surface area is 71.1 Å². The van der Waals surface area contributed by atoms with Crippen molar-refractivity contribution in [3.63, 3.8) is 0 Å². The van der Waals surface area contributed by atoms with Crippen LogP contribution >= 0.6 is 0 Å². The van der Waals surface area contributed by atoms with E-state index in [1.165, 1.54) is 6.92 Å². The smallest absolute Gasteiger partial charge is 0.276 e. The van der Waals surface area contributed by atoms with E-state index in [0.29, 0.717) is 12.8 Å². The van der Waals surface area contributed by atoms with E-state index in [1.807, 2.05) is 13.8 Å². The molecule has 1 rings (SSSR count). The average molecular weight is 171 g/mol. The molecule has 0 heterocycles.